The first-order valence-corrected chi connectivity index (χ1v) is 12.1. The molecule has 2 N–H and O–H groups in total. The van der Waals surface area contributed by atoms with Crippen LogP contribution >= 0.6 is 7.60 Å². The molecule has 0 amide bonds. The molecule has 32 heavy (non-hydrogen) atoms. The lowest BCUT2D eigenvalue weighted by Crippen LogP contribution is -2.04. The fourth-order valence-corrected chi connectivity index (χ4v) is 3.96. The zero-order chi connectivity index (χ0) is 23.1. The van der Waals surface area contributed by atoms with Crippen LogP contribution in [0.3, 0.4) is 0 Å². The van der Waals surface area contributed by atoms with Crippen molar-refractivity contribution < 1.29 is 28.6 Å². The van der Waals surface area contributed by atoms with Gasteiger partial charge in [0.1, 0.15) is 11.5 Å². The van der Waals surface area contributed by atoms with Crippen LogP contribution in [0.15, 0.2) is 60.7 Å². The van der Waals surface area contributed by atoms with Crippen LogP contribution in [0.5, 0.6) is 11.5 Å². The zero-order valence-electron chi connectivity index (χ0n) is 18.6. The molecule has 0 saturated heterocycles. The van der Waals surface area contributed by atoms with Crippen molar-refractivity contribution in [3.8, 4) is 11.5 Å². The molecular weight excluding hydrogens is 427 g/mol. The largest absolute Gasteiger partial charge is 0.481 e. The third-order valence-electron chi connectivity index (χ3n) is 5.14. The topological polar surface area (TPSA) is 85.2 Å². The van der Waals surface area contributed by atoms with Crippen LogP contribution in [-0.2, 0) is 22.1 Å². The maximum absolute atomic E-state index is 11.1. The molecule has 0 bridgehead atoms. The van der Waals surface area contributed by atoms with Gasteiger partial charge in [0.05, 0.1) is 0 Å². The van der Waals surface area contributed by atoms with Crippen molar-refractivity contribution in [2.45, 2.75) is 26.7 Å². The van der Waals surface area contributed by atoms with E-state index in [2.05, 4.69) is 24.3 Å². The average molecular weight is 456 g/mol. The summed E-state index contributed by atoms with van der Waals surface area (Å²) in [7, 11) is -2.62. The Morgan fingerprint density at radius 3 is 2.16 bits per heavy atom. The first kappa shape index (κ1) is 24.0. The van der Waals surface area contributed by atoms with Gasteiger partial charge in [-0.05, 0) is 71.8 Å². The van der Waals surface area contributed by atoms with Gasteiger partial charge in [-0.25, -0.2) is 0 Å². The maximum atomic E-state index is 11.1. The van der Waals surface area contributed by atoms with E-state index in [0.717, 1.165) is 46.4 Å². The number of hydrogen-bond donors (Lipinski definition) is 2. The molecule has 3 rings (SSSR count). The van der Waals surface area contributed by atoms with E-state index >= 15 is 0 Å². The van der Waals surface area contributed by atoms with Gasteiger partial charge in [-0.2, -0.15) is 0 Å². The van der Waals surface area contributed by atoms with E-state index in [1.54, 1.807) is 7.11 Å². The van der Waals surface area contributed by atoms with Crippen LogP contribution in [0.25, 0.3) is 0 Å². The van der Waals surface area contributed by atoms with Crippen molar-refractivity contribution in [3.63, 3.8) is 0 Å². The summed E-state index contributed by atoms with van der Waals surface area (Å²) in [6, 6.07) is 20.1. The van der Waals surface area contributed by atoms with Crippen LogP contribution in [0, 0.1) is 13.8 Å². The second kappa shape index (κ2) is 10.8. The third-order valence-corrected chi connectivity index (χ3v) is 5.61. The Balaban J connectivity index is 1.85. The lowest BCUT2D eigenvalue weighted by Gasteiger charge is -2.16. The summed E-state index contributed by atoms with van der Waals surface area (Å²) in [5.74, 6) is 1.26. The Morgan fingerprint density at radius 1 is 0.844 bits per heavy atom. The molecule has 0 aromatic heterocycles. The first-order valence-electron chi connectivity index (χ1n) is 10.3. The number of methoxy groups -OCH3 is 1. The van der Waals surface area contributed by atoms with Gasteiger partial charge < -0.3 is 24.0 Å². The Bertz CT molecular complexity index is 1070. The molecule has 0 aliphatic rings. The van der Waals surface area contributed by atoms with Gasteiger partial charge in [-0.3, -0.25) is 4.57 Å². The highest BCUT2D eigenvalue weighted by molar-refractivity contribution is 7.51. The van der Waals surface area contributed by atoms with Crippen LogP contribution in [0.2, 0.25) is 0 Å². The van der Waals surface area contributed by atoms with Crippen LogP contribution in [0.1, 0.15) is 33.4 Å². The standard InChI is InChI=1S/C25H29O6P/c1-18-11-23(31-17-32(26,27)28)12-19(2)24(18)15-21-9-10-25(30-16-29-3)22(14-21)13-20-7-5-4-6-8-20/h4-12,14H,13,15-17H2,1-3H3,(H2,26,27,28). The maximum Gasteiger partial charge on any atom is 0.362 e. The van der Waals surface area contributed by atoms with Crippen molar-refractivity contribution >= 4 is 7.60 Å². The number of benzene rings is 3. The number of aryl methyl sites for hydroxylation is 2. The van der Waals surface area contributed by atoms with Crippen LogP contribution in [-0.4, -0.2) is 30.0 Å². The van der Waals surface area contributed by atoms with Gasteiger partial charge in [-0.1, -0.05) is 42.5 Å². The van der Waals surface area contributed by atoms with Gasteiger partial charge in [0.15, 0.2) is 13.1 Å². The predicted molar refractivity (Wildman–Crippen MR) is 124 cm³/mol. The summed E-state index contributed by atoms with van der Waals surface area (Å²) in [5, 5.41) is 0. The Morgan fingerprint density at radius 2 is 1.53 bits per heavy atom. The second-order valence-electron chi connectivity index (χ2n) is 7.81. The van der Waals surface area contributed by atoms with Gasteiger partial charge >= 0.3 is 7.60 Å². The molecule has 0 aliphatic carbocycles. The zero-order valence-corrected chi connectivity index (χ0v) is 19.5. The van der Waals surface area contributed by atoms with Crippen LogP contribution in [0.4, 0.5) is 0 Å². The fraction of sp³-hybridized carbons (Fsp3) is 0.280. The minimum atomic E-state index is -4.22. The lowest BCUT2D eigenvalue weighted by atomic mass is 9.93. The van der Waals surface area contributed by atoms with E-state index in [-0.39, 0.29) is 6.79 Å². The molecule has 170 valence electrons. The Hall–Kier alpha value is -2.63. The summed E-state index contributed by atoms with van der Waals surface area (Å²) in [5.41, 5.74) is 6.61. The molecule has 0 aliphatic heterocycles. The third kappa shape index (κ3) is 6.94. The van der Waals surface area contributed by atoms with Crippen molar-refractivity contribution in [1.29, 1.82) is 0 Å². The van der Waals surface area contributed by atoms with E-state index in [0.29, 0.717) is 5.75 Å². The lowest BCUT2D eigenvalue weighted by molar-refractivity contribution is 0.0505. The van der Waals surface area contributed by atoms with E-state index < -0.39 is 13.9 Å². The molecule has 0 radical (unpaired) electrons. The van der Waals surface area contributed by atoms with Crippen molar-refractivity contribution in [3.05, 3.63) is 94.0 Å². The van der Waals surface area contributed by atoms with Crippen LogP contribution < -0.4 is 9.47 Å². The van der Waals surface area contributed by atoms with Crippen molar-refractivity contribution in [2.24, 2.45) is 0 Å². The van der Waals surface area contributed by atoms with E-state index in [1.807, 2.05) is 50.2 Å². The van der Waals surface area contributed by atoms with E-state index in [4.69, 9.17) is 24.0 Å². The molecular formula is C25H29O6P. The highest BCUT2D eigenvalue weighted by Gasteiger charge is 2.15. The average Bonchev–Trinajstić information content (AvgIpc) is 2.74. The first-order chi connectivity index (χ1) is 15.2. The minimum absolute atomic E-state index is 0.190. The summed E-state index contributed by atoms with van der Waals surface area (Å²) >= 11 is 0. The monoisotopic (exact) mass is 456 g/mol. The van der Waals surface area contributed by atoms with Crippen molar-refractivity contribution in [2.75, 3.05) is 20.3 Å². The van der Waals surface area contributed by atoms with E-state index in [1.165, 1.54) is 5.56 Å². The minimum Gasteiger partial charge on any atom is -0.481 e. The molecule has 3 aromatic carbocycles. The number of hydrogen-bond acceptors (Lipinski definition) is 4. The molecule has 0 atom stereocenters. The Labute approximate surface area is 188 Å². The fourth-order valence-electron chi connectivity index (χ4n) is 3.64. The summed E-state index contributed by atoms with van der Waals surface area (Å²) < 4.78 is 27.2. The molecule has 7 heteroatoms. The predicted octanol–water partition coefficient (Wildman–Crippen LogP) is 4.98. The molecule has 0 spiro atoms. The summed E-state index contributed by atoms with van der Waals surface area (Å²) in [6.07, 6.45) is 0.848. The Kier molecular flexibility index (Phi) is 8.10. The quantitative estimate of drug-likeness (QED) is 0.331. The summed E-state index contributed by atoms with van der Waals surface area (Å²) in [4.78, 5) is 18.1. The summed E-state index contributed by atoms with van der Waals surface area (Å²) in [6.45, 7) is 4.15. The van der Waals surface area contributed by atoms with Crippen molar-refractivity contribution in [1.82, 2.24) is 0 Å². The van der Waals surface area contributed by atoms with Gasteiger partial charge in [0.25, 0.3) is 0 Å². The second-order valence-corrected chi connectivity index (χ2v) is 9.39. The molecule has 0 fully saturated rings. The molecule has 0 heterocycles. The number of rotatable bonds is 10. The van der Waals surface area contributed by atoms with Gasteiger partial charge in [-0.15, -0.1) is 0 Å². The van der Waals surface area contributed by atoms with Gasteiger partial charge in [0.2, 0.25) is 0 Å². The van der Waals surface area contributed by atoms with Gasteiger partial charge in [0, 0.05) is 13.5 Å². The molecule has 6 nitrogen and oxygen atoms in total. The normalized spacial score (nSPS) is 11.4. The van der Waals surface area contributed by atoms with E-state index in [9.17, 15) is 4.57 Å². The SMILES string of the molecule is COCOc1ccc(Cc2c(C)cc(OCP(=O)(O)O)cc2C)cc1Cc1ccccc1. The highest BCUT2D eigenvalue weighted by Crippen LogP contribution is 2.35. The smallest absolute Gasteiger partial charge is 0.362 e. The number of ether oxygens (including phenoxy) is 3. The molecule has 0 saturated carbocycles. The molecule has 3 aromatic rings. The highest BCUT2D eigenvalue weighted by atomic mass is 31.2. The molecule has 0 unspecified atom stereocenters.